The van der Waals surface area contributed by atoms with Crippen LogP contribution in [0.4, 0.5) is 4.79 Å². The number of hydrogen-bond acceptors (Lipinski definition) is 6. The van der Waals surface area contributed by atoms with E-state index < -0.39 is 23.7 Å². The topological polar surface area (TPSA) is 85.3 Å². The summed E-state index contributed by atoms with van der Waals surface area (Å²) in [6.45, 7) is 7.59. The standard InChI is InChI=1S/C20H31NO6/c1-5-26-18(23)17(15-16-9-7-6-8-10-16)21(11-13-25-14-12-22)19(24)27-20(2,3)4/h6-10,17,22H,5,11-15H2,1-4H3/t17-/m0/s1. The largest absolute Gasteiger partial charge is 0.464 e. The number of hydrogen-bond donors (Lipinski definition) is 1. The van der Waals surface area contributed by atoms with Crippen LogP contribution in [-0.4, -0.2) is 66.7 Å². The lowest BCUT2D eigenvalue weighted by Crippen LogP contribution is -2.50. The number of aliphatic hydroxyl groups excluding tert-OH is 1. The summed E-state index contributed by atoms with van der Waals surface area (Å²) in [6, 6.07) is 8.58. The fraction of sp³-hybridized carbons (Fsp3) is 0.600. The molecule has 0 aromatic heterocycles. The minimum Gasteiger partial charge on any atom is -0.464 e. The third kappa shape index (κ3) is 8.88. The zero-order valence-corrected chi connectivity index (χ0v) is 16.6. The van der Waals surface area contributed by atoms with Gasteiger partial charge in [-0.1, -0.05) is 30.3 Å². The molecule has 0 spiro atoms. The van der Waals surface area contributed by atoms with E-state index in [0.29, 0.717) is 6.42 Å². The molecule has 27 heavy (non-hydrogen) atoms. The van der Waals surface area contributed by atoms with Gasteiger partial charge < -0.3 is 19.3 Å². The smallest absolute Gasteiger partial charge is 0.411 e. The Bertz CT molecular complexity index is 570. The number of amides is 1. The molecule has 0 aliphatic heterocycles. The molecule has 1 rings (SSSR count). The lowest BCUT2D eigenvalue weighted by atomic mass is 10.0. The predicted octanol–water partition coefficient (Wildman–Crippen LogP) is 2.41. The first-order valence-corrected chi connectivity index (χ1v) is 9.17. The van der Waals surface area contributed by atoms with E-state index in [1.807, 2.05) is 30.3 Å². The van der Waals surface area contributed by atoms with Crippen molar-refractivity contribution in [2.24, 2.45) is 0 Å². The van der Waals surface area contributed by atoms with Gasteiger partial charge in [0.2, 0.25) is 0 Å². The van der Waals surface area contributed by atoms with Gasteiger partial charge in [0, 0.05) is 13.0 Å². The van der Waals surface area contributed by atoms with Crippen molar-refractivity contribution < 1.29 is 28.9 Å². The monoisotopic (exact) mass is 381 g/mol. The van der Waals surface area contributed by atoms with Crippen LogP contribution in [0.25, 0.3) is 0 Å². The van der Waals surface area contributed by atoms with E-state index in [1.165, 1.54) is 4.90 Å². The zero-order valence-electron chi connectivity index (χ0n) is 16.6. The Balaban J connectivity index is 3.05. The van der Waals surface area contributed by atoms with Crippen LogP contribution >= 0.6 is 0 Å². The molecular weight excluding hydrogens is 350 g/mol. The number of aliphatic hydroxyl groups is 1. The summed E-state index contributed by atoms with van der Waals surface area (Å²) in [6.07, 6.45) is -0.303. The van der Waals surface area contributed by atoms with E-state index in [-0.39, 0.29) is 33.0 Å². The first kappa shape index (κ1) is 22.9. The van der Waals surface area contributed by atoms with Gasteiger partial charge in [-0.05, 0) is 33.3 Å². The second-order valence-corrected chi connectivity index (χ2v) is 6.97. The van der Waals surface area contributed by atoms with Crippen molar-refractivity contribution in [1.29, 1.82) is 0 Å². The summed E-state index contributed by atoms with van der Waals surface area (Å²) < 4.78 is 16.0. The number of esters is 1. The predicted molar refractivity (Wildman–Crippen MR) is 101 cm³/mol. The van der Waals surface area contributed by atoms with Gasteiger partial charge in [-0.25, -0.2) is 9.59 Å². The van der Waals surface area contributed by atoms with Crippen molar-refractivity contribution in [2.45, 2.75) is 45.8 Å². The molecule has 1 aromatic carbocycles. The van der Waals surface area contributed by atoms with Crippen LogP contribution in [0.2, 0.25) is 0 Å². The highest BCUT2D eigenvalue weighted by atomic mass is 16.6. The molecule has 0 bridgehead atoms. The molecule has 1 N–H and O–H groups in total. The molecule has 0 aliphatic rings. The van der Waals surface area contributed by atoms with Crippen LogP contribution in [0, 0.1) is 0 Å². The van der Waals surface area contributed by atoms with Crippen molar-refractivity contribution in [2.75, 3.05) is 33.0 Å². The Hall–Kier alpha value is -2.12. The van der Waals surface area contributed by atoms with Gasteiger partial charge in [0.1, 0.15) is 11.6 Å². The molecular formula is C20H31NO6. The van der Waals surface area contributed by atoms with E-state index in [1.54, 1.807) is 27.7 Å². The average Bonchev–Trinajstić information content (AvgIpc) is 2.60. The fourth-order valence-corrected chi connectivity index (χ4v) is 2.42. The van der Waals surface area contributed by atoms with Gasteiger partial charge in [0.05, 0.1) is 26.4 Å². The SMILES string of the molecule is CCOC(=O)[C@H](Cc1ccccc1)N(CCOCCO)C(=O)OC(C)(C)C. The molecule has 0 heterocycles. The second kappa shape index (κ2) is 11.6. The molecule has 0 radical (unpaired) electrons. The summed E-state index contributed by atoms with van der Waals surface area (Å²) >= 11 is 0. The highest BCUT2D eigenvalue weighted by Gasteiger charge is 2.34. The molecule has 1 aromatic rings. The molecule has 7 heteroatoms. The van der Waals surface area contributed by atoms with Crippen LogP contribution in [0.15, 0.2) is 30.3 Å². The van der Waals surface area contributed by atoms with E-state index in [9.17, 15) is 9.59 Å². The number of carbonyl (C=O) groups excluding carboxylic acids is 2. The van der Waals surface area contributed by atoms with Gasteiger partial charge in [0.25, 0.3) is 0 Å². The maximum absolute atomic E-state index is 12.8. The Labute approximate surface area is 161 Å². The molecule has 1 atom stereocenters. The summed E-state index contributed by atoms with van der Waals surface area (Å²) in [5.41, 5.74) is 0.202. The van der Waals surface area contributed by atoms with Gasteiger partial charge in [-0.15, -0.1) is 0 Å². The maximum Gasteiger partial charge on any atom is 0.411 e. The van der Waals surface area contributed by atoms with Crippen molar-refractivity contribution in [1.82, 2.24) is 4.90 Å². The number of carbonyl (C=O) groups is 2. The first-order chi connectivity index (χ1) is 12.8. The molecule has 152 valence electrons. The van der Waals surface area contributed by atoms with Crippen LogP contribution in [0.5, 0.6) is 0 Å². The van der Waals surface area contributed by atoms with Crippen LogP contribution in [0.1, 0.15) is 33.3 Å². The minimum absolute atomic E-state index is 0.113. The summed E-state index contributed by atoms with van der Waals surface area (Å²) in [4.78, 5) is 26.7. The van der Waals surface area contributed by atoms with Gasteiger partial charge in [-0.3, -0.25) is 4.90 Å². The molecule has 0 unspecified atom stereocenters. The fourth-order valence-electron chi connectivity index (χ4n) is 2.42. The molecule has 1 amide bonds. The van der Waals surface area contributed by atoms with Crippen molar-refractivity contribution in [3.63, 3.8) is 0 Å². The Kier molecular flexibility index (Phi) is 9.82. The number of ether oxygens (including phenoxy) is 3. The van der Waals surface area contributed by atoms with E-state index >= 15 is 0 Å². The Morgan fingerprint density at radius 3 is 2.37 bits per heavy atom. The van der Waals surface area contributed by atoms with Crippen molar-refractivity contribution in [3.05, 3.63) is 35.9 Å². The average molecular weight is 381 g/mol. The van der Waals surface area contributed by atoms with Crippen molar-refractivity contribution >= 4 is 12.1 Å². The normalized spacial score (nSPS) is 12.3. The van der Waals surface area contributed by atoms with Gasteiger partial charge in [0.15, 0.2) is 0 Å². The third-order valence-corrected chi connectivity index (χ3v) is 3.55. The molecule has 0 saturated carbocycles. The number of nitrogens with zero attached hydrogens (tertiary/aromatic N) is 1. The highest BCUT2D eigenvalue weighted by molar-refractivity contribution is 5.82. The highest BCUT2D eigenvalue weighted by Crippen LogP contribution is 2.16. The van der Waals surface area contributed by atoms with Crippen molar-refractivity contribution in [3.8, 4) is 0 Å². The lowest BCUT2D eigenvalue weighted by molar-refractivity contribution is -0.149. The van der Waals surface area contributed by atoms with E-state index in [0.717, 1.165) is 5.56 Å². The number of rotatable bonds is 10. The summed E-state index contributed by atoms with van der Waals surface area (Å²) in [5.74, 6) is -0.491. The third-order valence-electron chi connectivity index (χ3n) is 3.55. The summed E-state index contributed by atoms with van der Waals surface area (Å²) in [7, 11) is 0. The van der Waals surface area contributed by atoms with E-state index in [2.05, 4.69) is 0 Å². The Morgan fingerprint density at radius 1 is 1.15 bits per heavy atom. The maximum atomic E-state index is 12.8. The Morgan fingerprint density at radius 2 is 1.81 bits per heavy atom. The van der Waals surface area contributed by atoms with Gasteiger partial charge in [-0.2, -0.15) is 0 Å². The quantitative estimate of drug-likeness (QED) is 0.495. The van der Waals surface area contributed by atoms with Crippen LogP contribution in [0.3, 0.4) is 0 Å². The van der Waals surface area contributed by atoms with Crippen LogP contribution < -0.4 is 0 Å². The minimum atomic E-state index is -0.833. The molecule has 7 nitrogen and oxygen atoms in total. The lowest BCUT2D eigenvalue weighted by Gasteiger charge is -2.32. The zero-order chi connectivity index (χ0) is 20.3. The number of benzene rings is 1. The first-order valence-electron chi connectivity index (χ1n) is 9.17. The molecule has 0 fully saturated rings. The molecule has 0 saturated heterocycles. The van der Waals surface area contributed by atoms with Crippen LogP contribution in [-0.2, 0) is 25.4 Å². The molecule has 0 aliphatic carbocycles. The van der Waals surface area contributed by atoms with E-state index in [4.69, 9.17) is 19.3 Å². The van der Waals surface area contributed by atoms with Gasteiger partial charge >= 0.3 is 12.1 Å². The summed E-state index contributed by atoms with van der Waals surface area (Å²) in [5, 5.41) is 8.85. The second-order valence-electron chi connectivity index (χ2n) is 6.97.